The van der Waals surface area contributed by atoms with Gasteiger partial charge in [0.05, 0.1) is 23.1 Å². The molecule has 5 rings (SSSR count). The number of benzene rings is 1. The van der Waals surface area contributed by atoms with Crippen molar-refractivity contribution in [2.24, 2.45) is 0 Å². The zero-order valence-electron chi connectivity index (χ0n) is 16.4. The average Bonchev–Trinajstić information content (AvgIpc) is 3.24. The molecule has 1 atom stereocenters. The van der Waals surface area contributed by atoms with E-state index in [1.807, 2.05) is 41.8 Å². The van der Waals surface area contributed by atoms with Crippen LogP contribution in [-0.2, 0) is 6.54 Å². The Bertz CT molecular complexity index is 1230. The molecular weight excluding hydrogens is 396 g/mol. The Morgan fingerprint density at radius 1 is 1.20 bits per heavy atom. The van der Waals surface area contributed by atoms with E-state index < -0.39 is 0 Å². The zero-order valence-corrected chi connectivity index (χ0v) is 17.2. The molecular formula is C23H22N4O2S. The number of likely N-dealkylation sites (tertiary alicyclic amines) is 1. The highest BCUT2D eigenvalue weighted by atomic mass is 32.1. The van der Waals surface area contributed by atoms with E-state index in [0.29, 0.717) is 17.8 Å². The van der Waals surface area contributed by atoms with E-state index in [4.69, 9.17) is 0 Å². The van der Waals surface area contributed by atoms with Crippen LogP contribution in [0.2, 0.25) is 0 Å². The maximum atomic E-state index is 12.8. The maximum Gasteiger partial charge on any atom is 0.257 e. The molecule has 0 radical (unpaired) electrons. The van der Waals surface area contributed by atoms with Gasteiger partial charge in [0.15, 0.2) is 0 Å². The SMILES string of the molecule is O=c1[nH]c2cc(CN3CCCC(O)C3)ccc2cc1-c1csc(-c2ccccn2)n1. The quantitative estimate of drug-likeness (QED) is 0.528. The van der Waals surface area contributed by atoms with Crippen molar-refractivity contribution < 1.29 is 5.11 Å². The molecule has 3 aromatic heterocycles. The Balaban J connectivity index is 1.43. The van der Waals surface area contributed by atoms with Crippen molar-refractivity contribution in [3.63, 3.8) is 0 Å². The number of β-amino-alcohol motifs (C(OH)–C–C–N with tert-alkyl or cyclic N) is 1. The molecule has 0 bridgehead atoms. The van der Waals surface area contributed by atoms with Gasteiger partial charge in [-0.2, -0.15) is 0 Å². The summed E-state index contributed by atoms with van der Waals surface area (Å²) in [7, 11) is 0. The number of pyridine rings is 2. The molecule has 1 fully saturated rings. The van der Waals surface area contributed by atoms with Gasteiger partial charge in [-0.1, -0.05) is 18.2 Å². The molecule has 4 aromatic rings. The van der Waals surface area contributed by atoms with E-state index in [9.17, 15) is 9.90 Å². The molecule has 0 aliphatic carbocycles. The maximum absolute atomic E-state index is 12.8. The fourth-order valence-corrected chi connectivity index (χ4v) is 4.77. The van der Waals surface area contributed by atoms with Crippen LogP contribution in [0.3, 0.4) is 0 Å². The standard InChI is InChI=1S/C23H22N4O2S/c28-17-4-3-9-27(13-17)12-15-6-7-16-11-18(22(29)25-20(16)10-15)21-14-30-23(26-21)19-5-1-2-8-24-19/h1-2,5-8,10-11,14,17,28H,3-4,9,12-13H2,(H,25,29). The normalized spacial score (nSPS) is 17.4. The van der Waals surface area contributed by atoms with Gasteiger partial charge in [0, 0.05) is 30.2 Å². The number of nitrogens with zero attached hydrogens (tertiary/aromatic N) is 3. The summed E-state index contributed by atoms with van der Waals surface area (Å²) in [6.45, 7) is 2.47. The van der Waals surface area contributed by atoms with Crippen molar-refractivity contribution in [2.75, 3.05) is 13.1 Å². The first-order valence-electron chi connectivity index (χ1n) is 10.1. The number of thiazole rings is 1. The number of piperidine rings is 1. The first-order valence-corrected chi connectivity index (χ1v) is 11.0. The van der Waals surface area contributed by atoms with E-state index in [2.05, 4.69) is 25.9 Å². The molecule has 4 heterocycles. The minimum atomic E-state index is -0.240. The minimum Gasteiger partial charge on any atom is -0.392 e. The van der Waals surface area contributed by atoms with Gasteiger partial charge in [-0.05, 0) is 54.6 Å². The predicted octanol–water partition coefficient (Wildman–Crippen LogP) is 3.67. The molecule has 152 valence electrons. The molecule has 1 aliphatic heterocycles. The van der Waals surface area contributed by atoms with Crippen molar-refractivity contribution in [2.45, 2.75) is 25.5 Å². The number of aromatic nitrogens is 3. The summed E-state index contributed by atoms with van der Waals surface area (Å²) in [4.78, 5) is 27.0. The summed E-state index contributed by atoms with van der Waals surface area (Å²) in [5.41, 5.74) is 3.83. The van der Waals surface area contributed by atoms with Crippen molar-refractivity contribution in [1.29, 1.82) is 0 Å². The Morgan fingerprint density at radius 3 is 2.97 bits per heavy atom. The number of hydrogen-bond donors (Lipinski definition) is 2. The van der Waals surface area contributed by atoms with Gasteiger partial charge in [-0.25, -0.2) is 4.98 Å². The molecule has 2 N–H and O–H groups in total. The van der Waals surface area contributed by atoms with Crippen LogP contribution in [0.15, 0.2) is 58.8 Å². The monoisotopic (exact) mass is 418 g/mol. The second-order valence-electron chi connectivity index (χ2n) is 7.72. The number of aliphatic hydroxyl groups is 1. The van der Waals surface area contributed by atoms with Crippen LogP contribution in [0.1, 0.15) is 18.4 Å². The molecule has 30 heavy (non-hydrogen) atoms. The molecule has 1 aromatic carbocycles. The van der Waals surface area contributed by atoms with E-state index in [1.54, 1.807) is 6.20 Å². The fraction of sp³-hybridized carbons (Fsp3) is 0.261. The van der Waals surface area contributed by atoms with Crippen LogP contribution < -0.4 is 5.56 Å². The van der Waals surface area contributed by atoms with E-state index in [0.717, 1.165) is 53.1 Å². The van der Waals surface area contributed by atoms with Gasteiger partial charge in [-0.3, -0.25) is 14.7 Å². The van der Waals surface area contributed by atoms with Gasteiger partial charge in [0.1, 0.15) is 5.01 Å². The number of hydrogen-bond acceptors (Lipinski definition) is 6. The topological polar surface area (TPSA) is 82.1 Å². The average molecular weight is 419 g/mol. The lowest BCUT2D eigenvalue weighted by Gasteiger charge is -2.30. The fourth-order valence-electron chi connectivity index (χ4n) is 3.97. The van der Waals surface area contributed by atoms with Crippen LogP contribution >= 0.6 is 11.3 Å². The molecule has 6 nitrogen and oxygen atoms in total. The number of aliphatic hydroxyl groups excluding tert-OH is 1. The van der Waals surface area contributed by atoms with Gasteiger partial charge in [0.2, 0.25) is 0 Å². The van der Waals surface area contributed by atoms with Crippen LogP contribution in [0.5, 0.6) is 0 Å². The first kappa shape index (κ1) is 19.1. The summed E-state index contributed by atoms with van der Waals surface area (Å²) in [6, 6.07) is 13.8. The zero-order chi connectivity index (χ0) is 20.5. The summed E-state index contributed by atoms with van der Waals surface area (Å²) >= 11 is 1.48. The molecule has 1 aliphatic rings. The Morgan fingerprint density at radius 2 is 2.13 bits per heavy atom. The second kappa shape index (κ2) is 8.10. The lowest BCUT2D eigenvalue weighted by atomic mass is 10.1. The summed E-state index contributed by atoms with van der Waals surface area (Å²) < 4.78 is 0. The molecule has 0 spiro atoms. The molecule has 0 amide bonds. The number of rotatable bonds is 4. The predicted molar refractivity (Wildman–Crippen MR) is 119 cm³/mol. The van der Waals surface area contributed by atoms with E-state index in [1.165, 1.54) is 11.3 Å². The number of aromatic amines is 1. The summed E-state index contributed by atoms with van der Waals surface area (Å²) in [5, 5.41) is 13.5. The summed E-state index contributed by atoms with van der Waals surface area (Å²) in [5.74, 6) is 0. The van der Waals surface area contributed by atoms with Crippen LogP contribution in [-0.4, -0.2) is 44.2 Å². The van der Waals surface area contributed by atoms with Gasteiger partial charge >= 0.3 is 0 Å². The summed E-state index contributed by atoms with van der Waals surface area (Å²) in [6.07, 6.45) is 3.39. The van der Waals surface area contributed by atoms with Crippen molar-refractivity contribution >= 4 is 22.2 Å². The number of fused-ring (bicyclic) bond motifs is 1. The van der Waals surface area contributed by atoms with Crippen LogP contribution in [0.25, 0.3) is 32.9 Å². The minimum absolute atomic E-state index is 0.147. The first-order chi connectivity index (χ1) is 14.7. The smallest absolute Gasteiger partial charge is 0.257 e. The number of H-pyrrole nitrogens is 1. The van der Waals surface area contributed by atoms with E-state index in [-0.39, 0.29) is 11.7 Å². The third kappa shape index (κ3) is 3.92. The van der Waals surface area contributed by atoms with Gasteiger partial charge < -0.3 is 10.1 Å². The largest absolute Gasteiger partial charge is 0.392 e. The van der Waals surface area contributed by atoms with Gasteiger partial charge in [0.25, 0.3) is 5.56 Å². The van der Waals surface area contributed by atoms with Crippen LogP contribution in [0.4, 0.5) is 0 Å². The highest BCUT2D eigenvalue weighted by Crippen LogP contribution is 2.27. The molecule has 1 saturated heterocycles. The van der Waals surface area contributed by atoms with Crippen molar-refractivity contribution in [3.8, 4) is 22.0 Å². The lowest BCUT2D eigenvalue weighted by molar-refractivity contribution is 0.0668. The van der Waals surface area contributed by atoms with Crippen molar-refractivity contribution in [1.82, 2.24) is 19.9 Å². The van der Waals surface area contributed by atoms with Crippen molar-refractivity contribution in [3.05, 3.63) is 70.0 Å². The molecule has 7 heteroatoms. The van der Waals surface area contributed by atoms with E-state index >= 15 is 0 Å². The third-order valence-corrected chi connectivity index (χ3v) is 6.33. The lowest BCUT2D eigenvalue weighted by Crippen LogP contribution is -2.37. The van der Waals surface area contributed by atoms with Crippen LogP contribution in [0, 0.1) is 0 Å². The van der Waals surface area contributed by atoms with Gasteiger partial charge in [-0.15, -0.1) is 11.3 Å². The molecule has 0 saturated carbocycles. The highest BCUT2D eigenvalue weighted by Gasteiger charge is 2.18. The number of nitrogens with one attached hydrogen (secondary N) is 1. The Hall–Kier alpha value is -2.87. The third-order valence-electron chi connectivity index (χ3n) is 5.46. The highest BCUT2D eigenvalue weighted by molar-refractivity contribution is 7.13. The Kier molecular flexibility index (Phi) is 5.16. The molecule has 1 unspecified atom stereocenters. The second-order valence-corrected chi connectivity index (χ2v) is 8.58. The Labute approximate surface area is 177 Å².